The van der Waals surface area contributed by atoms with Crippen LogP contribution >= 0.6 is 0 Å². The zero-order valence-electron chi connectivity index (χ0n) is 14.5. The molecule has 6 heteroatoms. The fraction of sp³-hybridized carbons (Fsp3) is 0.526. The van der Waals surface area contributed by atoms with E-state index in [9.17, 15) is 9.59 Å². The Morgan fingerprint density at radius 1 is 1.24 bits per heavy atom. The molecule has 1 aromatic carbocycles. The van der Waals surface area contributed by atoms with Gasteiger partial charge in [0, 0.05) is 11.9 Å². The van der Waals surface area contributed by atoms with Crippen molar-refractivity contribution in [1.29, 1.82) is 0 Å². The number of benzene rings is 1. The predicted octanol–water partition coefficient (Wildman–Crippen LogP) is 1.87. The monoisotopic (exact) mass is 341 g/mol. The summed E-state index contributed by atoms with van der Waals surface area (Å²) in [5.41, 5.74) is 0.559. The van der Waals surface area contributed by atoms with Crippen LogP contribution in [0.15, 0.2) is 29.1 Å². The summed E-state index contributed by atoms with van der Waals surface area (Å²) in [7, 11) is 0. The van der Waals surface area contributed by atoms with E-state index in [0.29, 0.717) is 18.5 Å². The number of rotatable bonds is 2. The second kappa shape index (κ2) is 6.59. The molecule has 0 spiro atoms. The Morgan fingerprint density at radius 3 is 2.84 bits per heavy atom. The number of carbonyl (C=O) groups is 1. The standard InChI is InChI=1S/C19H23N3O3/c1-13-14-6-2-3-7-15(14)19(24)22(20-13)12-18(23)21-10-11-25-17-9-5-4-8-16(17)21/h2-3,6-7,16-17H,4-5,8-12H2,1H3/t16-,17+/m0/s1. The third kappa shape index (κ3) is 2.95. The molecule has 25 heavy (non-hydrogen) atoms. The van der Waals surface area contributed by atoms with Crippen LogP contribution in [0.2, 0.25) is 0 Å². The molecule has 1 aliphatic carbocycles. The Morgan fingerprint density at radius 2 is 2.00 bits per heavy atom. The topological polar surface area (TPSA) is 64.4 Å². The van der Waals surface area contributed by atoms with Crippen LogP contribution < -0.4 is 5.56 Å². The van der Waals surface area contributed by atoms with Gasteiger partial charge in [-0.15, -0.1) is 0 Å². The average molecular weight is 341 g/mol. The van der Waals surface area contributed by atoms with Crippen LogP contribution in [0.4, 0.5) is 0 Å². The number of amides is 1. The second-order valence-corrected chi connectivity index (χ2v) is 6.94. The fourth-order valence-electron chi connectivity index (χ4n) is 4.14. The summed E-state index contributed by atoms with van der Waals surface area (Å²) >= 11 is 0. The molecule has 6 nitrogen and oxygen atoms in total. The van der Waals surface area contributed by atoms with E-state index in [-0.39, 0.29) is 30.2 Å². The summed E-state index contributed by atoms with van der Waals surface area (Å²) < 4.78 is 7.15. The van der Waals surface area contributed by atoms with E-state index < -0.39 is 0 Å². The number of aryl methyl sites for hydroxylation is 1. The molecule has 2 aromatic rings. The maximum absolute atomic E-state index is 12.9. The first-order valence-electron chi connectivity index (χ1n) is 9.02. The highest BCUT2D eigenvalue weighted by Crippen LogP contribution is 2.28. The van der Waals surface area contributed by atoms with E-state index in [4.69, 9.17) is 4.74 Å². The van der Waals surface area contributed by atoms with E-state index in [1.54, 1.807) is 6.07 Å². The van der Waals surface area contributed by atoms with Crippen LogP contribution in [0.1, 0.15) is 31.4 Å². The van der Waals surface area contributed by atoms with Gasteiger partial charge in [0.25, 0.3) is 5.56 Å². The Balaban J connectivity index is 1.61. The lowest BCUT2D eigenvalue weighted by molar-refractivity contribution is -0.150. The normalized spacial score (nSPS) is 23.5. The number of morpholine rings is 1. The van der Waals surface area contributed by atoms with Crippen molar-refractivity contribution in [2.75, 3.05) is 13.2 Å². The molecule has 1 saturated carbocycles. The van der Waals surface area contributed by atoms with Crippen molar-refractivity contribution < 1.29 is 9.53 Å². The molecule has 2 atom stereocenters. The van der Waals surface area contributed by atoms with Crippen molar-refractivity contribution in [3.05, 3.63) is 40.3 Å². The zero-order chi connectivity index (χ0) is 17.4. The molecular formula is C19H23N3O3. The van der Waals surface area contributed by atoms with Crippen LogP contribution in [-0.4, -0.2) is 45.9 Å². The highest BCUT2D eigenvalue weighted by atomic mass is 16.5. The molecule has 0 N–H and O–H groups in total. The lowest BCUT2D eigenvalue weighted by Gasteiger charge is -2.43. The first-order valence-corrected chi connectivity index (χ1v) is 9.02. The van der Waals surface area contributed by atoms with Crippen LogP contribution in [0.3, 0.4) is 0 Å². The van der Waals surface area contributed by atoms with E-state index in [1.807, 2.05) is 30.0 Å². The summed E-state index contributed by atoms with van der Waals surface area (Å²) in [6.45, 7) is 3.04. The van der Waals surface area contributed by atoms with Gasteiger partial charge in [-0.3, -0.25) is 9.59 Å². The van der Waals surface area contributed by atoms with Gasteiger partial charge in [0.15, 0.2) is 0 Å². The molecular weight excluding hydrogens is 318 g/mol. The SMILES string of the molecule is Cc1nn(CC(=O)N2CCO[C@@H]3CCCC[C@@H]32)c(=O)c2ccccc12. The molecule has 2 aliphatic rings. The number of aromatic nitrogens is 2. The minimum atomic E-state index is -0.206. The maximum atomic E-state index is 12.9. The van der Waals surface area contributed by atoms with Crippen molar-refractivity contribution in [1.82, 2.24) is 14.7 Å². The third-order valence-corrected chi connectivity index (χ3v) is 5.39. The first kappa shape index (κ1) is 16.3. The van der Waals surface area contributed by atoms with Crippen molar-refractivity contribution in [2.45, 2.75) is 51.3 Å². The Labute approximate surface area is 146 Å². The van der Waals surface area contributed by atoms with Gasteiger partial charge in [-0.05, 0) is 25.8 Å². The molecule has 4 rings (SSSR count). The van der Waals surface area contributed by atoms with Crippen LogP contribution in [0, 0.1) is 6.92 Å². The van der Waals surface area contributed by atoms with E-state index >= 15 is 0 Å². The molecule has 132 valence electrons. The number of hydrogen-bond donors (Lipinski definition) is 0. The summed E-state index contributed by atoms with van der Waals surface area (Å²) in [5, 5.41) is 5.82. The number of carbonyl (C=O) groups excluding carboxylic acids is 1. The summed E-state index contributed by atoms with van der Waals surface area (Å²) in [6, 6.07) is 7.55. The van der Waals surface area contributed by atoms with Crippen LogP contribution in [0.5, 0.6) is 0 Å². The molecule has 1 amide bonds. The van der Waals surface area contributed by atoms with Gasteiger partial charge in [0.1, 0.15) is 6.54 Å². The molecule has 0 bridgehead atoms. The first-order chi connectivity index (χ1) is 12.1. The van der Waals surface area contributed by atoms with Crippen molar-refractivity contribution in [2.24, 2.45) is 0 Å². The largest absolute Gasteiger partial charge is 0.374 e. The number of nitrogens with zero attached hydrogens (tertiary/aromatic N) is 3. The number of hydrogen-bond acceptors (Lipinski definition) is 4. The highest BCUT2D eigenvalue weighted by molar-refractivity contribution is 5.83. The average Bonchev–Trinajstić information content (AvgIpc) is 2.65. The van der Waals surface area contributed by atoms with E-state index in [1.165, 1.54) is 4.68 Å². The van der Waals surface area contributed by atoms with Crippen molar-refractivity contribution in [3.63, 3.8) is 0 Å². The minimum absolute atomic E-state index is 0.00622. The molecule has 1 aromatic heterocycles. The van der Waals surface area contributed by atoms with Gasteiger partial charge in [0.2, 0.25) is 5.91 Å². The minimum Gasteiger partial charge on any atom is -0.374 e. The summed E-state index contributed by atoms with van der Waals surface area (Å²) in [6.07, 6.45) is 4.43. The van der Waals surface area contributed by atoms with Crippen molar-refractivity contribution >= 4 is 16.7 Å². The molecule has 2 fully saturated rings. The smallest absolute Gasteiger partial charge is 0.275 e. The van der Waals surface area contributed by atoms with Crippen LogP contribution in [0.25, 0.3) is 10.8 Å². The zero-order valence-corrected chi connectivity index (χ0v) is 14.5. The molecule has 0 radical (unpaired) electrons. The molecule has 1 aliphatic heterocycles. The fourth-order valence-corrected chi connectivity index (χ4v) is 4.14. The summed E-state index contributed by atoms with van der Waals surface area (Å²) in [5.74, 6) is -0.0375. The second-order valence-electron chi connectivity index (χ2n) is 6.94. The predicted molar refractivity (Wildman–Crippen MR) is 94.4 cm³/mol. The van der Waals surface area contributed by atoms with Crippen molar-refractivity contribution in [3.8, 4) is 0 Å². The number of ether oxygens (including phenoxy) is 1. The summed E-state index contributed by atoms with van der Waals surface area (Å²) in [4.78, 5) is 27.5. The van der Waals surface area contributed by atoms with E-state index in [2.05, 4.69) is 5.10 Å². The Bertz CT molecular complexity index is 859. The maximum Gasteiger partial charge on any atom is 0.275 e. The quantitative estimate of drug-likeness (QED) is 0.836. The Hall–Kier alpha value is -2.21. The van der Waals surface area contributed by atoms with E-state index in [0.717, 1.165) is 36.8 Å². The van der Waals surface area contributed by atoms with Crippen LogP contribution in [-0.2, 0) is 16.1 Å². The van der Waals surface area contributed by atoms with Gasteiger partial charge in [0.05, 0.1) is 29.8 Å². The highest BCUT2D eigenvalue weighted by Gasteiger charge is 2.36. The third-order valence-electron chi connectivity index (χ3n) is 5.39. The van der Waals surface area contributed by atoms with Gasteiger partial charge in [-0.1, -0.05) is 31.0 Å². The molecule has 0 unspecified atom stereocenters. The molecule has 2 heterocycles. The lowest BCUT2D eigenvalue weighted by atomic mass is 9.90. The van der Waals surface area contributed by atoms with Gasteiger partial charge < -0.3 is 9.64 Å². The van der Waals surface area contributed by atoms with Gasteiger partial charge >= 0.3 is 0 Å². The lowest BCUT2D eigenvalue weighted by Crippen LogP contribution is -2.55. The van der Waals surface area contributed by atoms with Gasteiger partial charge in [-0.2, -0.15) is 5.10 Å². The molecule has 1 saturated heterocycles. The number of fused-ring (bicyclic) bond motifs is 2. The van der Waals surface area contributed by atoms with Gasteiger partial charge in [-0.25, -0.2) is 4.68 Å². The Kier molecular flexibility index (Phi) is 4.29.